The van der Waals surface area contributed by atoms with Crippen molar-refractivity contribution < 1.29 is 80.2 Å². The van der Waals surface area contributed by atoms with Crippen molar-refractivity contribution in [3.05, 3.63) is 0 Å². The number of unbranched alkanes of at least 4 members (excludes halogenated alkanes) is 35. The highest BCUT2D eigenvalue weighted by Crippen LogP contribution is 2.45. The summed E-state index contributed by atoms with van der Waals surface area (Å²) in [7, 11) is -9.88. The van der Waals surface area contributed by atoms with E-state index in [0.29, 0.717) is 25.7 Å². The van der Waals surface area contributed by atoms with E-state index in [2.05, 4.69) is 34.6 Å². The first kappa shape index (κ1) is 80.1. The molecule has 0 heterocycles. The van der Waals surface area contributed by atoms with Crippen molar-refractivity contribution in [3.8, 4) is 0 Å². The maximum Gasteiger partial charge on any atom is 0.472 e. The molecule has 82 heavy (non-hydrogen) atoms. The molecule has 0 amide bonds. The molecule has 5 atom stereocenters. The molecular formula is C63H122O17P2. The summed E-state index contributed by atoms with van der Waals surface area (Å²) in [5.74, 6) is -1.41. The topological polar surface area (TPSA) is 237 Å². The number of esters is 4. The van der Waals surface area contributed by atoms with Gasteiger partial charge in [0.05, 0.1) is 26.4 Å². The van der Waals surface area contributed by atoms with E-state index in [-0.39, 0.29) is 25.7 Å². The van der Waals surface area contributed by atoms with E-state index >= 15 is 0 Å². The van der Waals surface area contributed by atoms with Crippen LogP contribution < -0.4 is 0 Å². The van der Waals surface area contributed by atoms with Gasteiger partial charge in [0.2, 0.25) is 0 Å². The third-order valence-electron chi connectivity index (χ3n) is 14.5. The summed E-state index contributed by atoms with van der Waals surface area (Å²) >= 11 is 0. The van der Waals surface area contributed by atoms with Crippen molar-refractivity contribution in [2.75, 3.05) is 39.6 Å². The molecule has 17 nitrogen and oxygen atoms in total. The Morgan fingerprint density at radius 1 is 0.329 bits per heavy atom. The normalized spacial score (nSPS) is 14.3. The van der Waals surface area contributed by atoms with Crippen LogP contribution in [0.5, 0.6) is 0 Å². The average molecular weight is 1210 g/mol. The molecule has 0 bridgehead atoms. The second-order valence-electron chi connectivity index (χ2n) is 23.3. The van der Waals surface area contributed by atoms with Crippen molar-refractivity contribution in [1.82, 2.24) is 0 Å². The van der Waals surface area contributed by atoms with Crippen molar-refractivity contribution in [3.63, 3.8) is 0 Å². The second kappa shape index (κ2) is 56.8. The highest BCUT2D eigenvalue weighted by molar-refractivity contribution is 7.47. The summed E-state index contributed by atoms with van der Waals surface area (Å²) in [5, 5.41) is 10.5. The Kier molecular flexibility index (Phi) is 55.5. The molecule has 0 aromatic rings. The van der Waals surface area contributed by atoms with Gasteiger partial charge in [-0.1, -0.05) is 266 Å². The van der Waals surface area contributed by atoms with Crippen LogP contribution >= 0.6 is 15.6 Å². The first-order valence-electron chi connectivity index (χ1n) is 33.1. The third-order valence-corrected chi connectivity index (χ3v) is 16.4. The number of rotatable bonds is 63. The molecule has 0 aromatic carbocycles. The van der Waals surface area contributed by atoms with Crippen molar-refractivity contribution >= 4 is 39.5 Å². The predicted molar refractivity (Wildman–Crippen MR) is 326 cm³/mol. The number of phosphoric acid groups is 2. The van der Waals surface area contributed by atoms with Crippen molar-refractivity contribution in [2.24, 2.45) is 5.92 Å². The molecule has 0 rings (SSSR count). The Hall–Kier alpha value is -1.94. The average Bonchev–Trinajstić information content (AvgIpc) is 3.45. The number of hydrogen-bond donors (Lipinski definition) is 3. The minimum atomic E-state index is -4.94. The van der Waals surface area contributed by atoms with Gasteiger partial charge in [-0.3, -0.25) is 37.3 Å². The molecule has 0 fully saturated rings. The van der Waals surface area contributed by atoms with Gasteiger partial charge in [0.25, 0.3) is 0 Å². The molecule has 2 unspecified atom stereocenters. The van der Waals surface area contributed by atoms with Crippen LogP contribution in [0.2, 0.25) is 0 Å². The van der Waals surface area contributed by atoms with Gasteiger partial charge in [-0.25, -0.2) is 9.13 Å². The Morgan fingerprint density at radius 3 is 0.829 bits per heavy atom. The Balaban J connectivity index is 5.20. The molecule has 3 N–H and O–H groups in total. The van der Waals surface area contributed by atoms with Crippen LogP contribution in [0, 0.1) is 5.92 Å². The molecule has 19 heteroatoms. The molecule has 0 radical (unpaired) electrons. The standard InChI is InChI=1S/C63H122O17P2/c1-6-9-12-15-18-20-21-22-23-24-25-27-34-39-44-49-63(68)80-59(53-74-61(66)47-42-37-32-29-28-31-35-40-45-56(4)5)55-78-82(71,72)76-51-57(64)50-75-81(69,70)77-54-58(52-73-60(65)46-41-36-30-17-14-11-8-3)79-62(67)48-43-38-33-26-19-16-13-10-7-2/h56-59,64H,6-55H2,1-5H3,(H,69,70)(H,71,72)/t57-,58+,59+/m0/s1. The quantitative estimate of drug-likeness (QED) is 0.0222. The van der Waals surface area contributed by atoms with Crippen molar-refractivity contribution in [2.45, 2.75) is 335 Å². The predicted octanol–water partition coefficient (Wildman–Crippen LogP) is 17.4. The highest BCUT2D eigenvalue weighted by Gasteiger charge is 2.30. The van der Waals surface area contributed by atoms with Crippen LogP contribution in [0.1, 0.15) is 317 Å². The van der Waals surface area contributed by atoms with Crippen LogP contribution in [-0.4, -0.2) is 96.7 Å². The largest absolute Gasteiger partial charge is 0.472 e. The summed E-state index contributed by atoms with van der Waals surface area (Å²) in [6.45, 7) is 7.10. The third kappa shape index (κ3) is 57.2. The van der Waals surface area contributed by atoms with E-state index in [4.69, 9.17) is 37.0 Å². The fourth-order valence-electron chi connectivity index (χ4n) is 9.41. The molecule has 0 saturated carbocycles. The van der Waals surface area contributed by atoms with Gasteiger partial charge in [-0.05, 0) is 31.6 Å². The Morgan fingerprint density at radius 2 is 0.561 bits per heavy atom. The number of carbonyl (C=O) groups is 4. The Bertz CT molecular complexity index is 1600. The van der Waals surface area contributed by atoms with Gasteiger partial charge >= 0.3 is 39.5 Å². The number of aliphatic hydroxyl groups is 1. The van der Waals surface area contributed by atoms with Gasteiger partial charge in [-0.15, -0.1) is 0 Å². The zero-order valence-corrected chi connectivity index (χ0v) is 54.4. The molecule has 0 spiro atoms. The summed E-state index contributed by atoms with van der Waals surface area (Å²) in [6, 6.07) is 0. The zero-order chi connectivity index (χ0) is 60.6. The highest BCUT2D eigenvalue weighted by atomic mass is 31.2. The molecule has 486 valence electrons. The summed E-state index contributed by atoms with van der Waals surface area (Å²) in [4.78, 5) is 72.0. The van der Waals surface area contributed by atoms with E-state index < -0.39 is 97.5 Å². The van der Waals surface area contributed by atoms with Gasteiger partial charge in [0, 0.05) is 25.7 Å². The molecule has 0 aromatic heterocycles. The minimum Gasteiger partial charge on any atom is -0.462 e. The molecule has 0 aliphatic heterocycles. The number of phosphoric ester groups is 2. The fourth-order valence-corrected chi connectivity index (χ4v) is 11.0. The smallest absolute Gasteiger partial charge is 0.462 e. The van der Waals surface area contributed by atoms with Crippen LogP contribution in [0.25, 0.3) is 0 Å². The lowest BCUT2D eigenvalue weighted by Gasteiger charge is -2.21. The lowest BCUT2D eigenvalue weighted by Crippen LogP contribution is -2.30. The van der Waals surface area contributed by atoms with Crippen LogP contribution in [0.4, 0.5) is 0 Å². The molecule has 0 aliphatic carbocycles. The summed E-state index contributed by atoms with van der Waals surface area (Å²) in [5.41, 5.74) is 0. The summed E-state index contributed by atoms with van der Waals surface area (Å²) < 4.78 is 67.8. The van der Waals surface area contributed by atoms with E-state index in [1.54, 1.807) is 0 Å². The number of aliphatic hydroxyl groups excluding tert-OH is 1. The molecular weight excluding hydrogens is 1090 g/mol. The van der Waals surface area contributed by atoms with Crippen LogP contribution in [0.15, 0.2) is 0 Å². The summed E-state index contributed by atoms with van der Waals surface area (Å²) in [6.07, 6.45) is 40.4. The molecule has 0 saturated heterocycles. The van der Waals surface area contributed by atoms with Crippen molar-refractivity contribution in [1.29, 1.82) is 0 Å². The van der Waals surface area contributed by atoms with E-state index in [9.17, 15) is 43.2 Å². The van der Waals surface area contributed by atoms with Gasteiger partial charge in [0.1, 0.15) is 19.3 Å². The zero-order valence-electron chi connectivity index (χ0n) is 52.6. The molecule has 0 aliphatic rings. The van der Waals surface area contributed by atoms with Crippen LogP contribution in [-0.2, 0) is 65.4 Å². The van der Waals surface area contributed by atoms with E-state index in [1.807, 2.05) is 0 Å². The van der Waals surface area contributed by atoms with Gasteiger partial charge in [-0.2, -0.15) is 0 Å². The monoisotopic (exact) mass is 1210 g/mol. The number of hydrogen-bond acceptors (Lipinski definition) is 15. The first-order valence-corrected chi connectivity index (χ1v) is 36.1. The van der Waals surface area contributed by atoms with Crippen LogP contribution in [0.3, 0.4) is 0 Å². The second-order valence-corrected chi connectivity index (χ2v) is 26.2. The lowest BCUT2D eigenvalue weighted by atomic mass is 10.0. The lowest BCUT2D eigenvalue weighted by molar-refractivity contribution is -0.161. The van der Waals surface area contributed by atoms with E-state index in [1.165, 1.54) is 128 Å². The van der Waals surface area contributed by atoms with E-state index in [0.717, 1.165) is 109 Å². The van der Waals surface area contributed by atoms with Gasteiger partial charge in [0.15, 0.2) is 12.2 Å². The first-order chi connectivity index (χ1) is 39.5. The SMILES string of the molecule is CCCCCCCCCCCCCCCCCC(=O)O[C@H](COC(=O)CCCCCCCCCCC(C)C)COP(=O)(O)OC[C@@H](O)COP(=O)(O)OC[C@@H](COC(=O)CCCCCCCCC)OC(=O)CCCCCCCCCCC. The maximum atomic E-state index is 13.0. The number of carbonyl (C=O) groups excluding carboxylic acids is 4. The Labute approximate surface area is 498 Å². The van der Waals surface area contributed by atoms with Gasteiger partial charge < -0.3 is 33.8 Å². The fraction of sp³-hybridized carbons (Fsp3) is 0.937. The maximum absolute atomic E-state index is 13.0. The number of ether oxygens (including phenoxy) is 4. The minimum absolute atomic E-state index is 0.105.